The molecule has 1 unspecified atom stereocenters. The van der Waals surface area contributed by atoms with Gasteiger partial charge in [0.05, 0.1) is 12.7 Å². The van der Waals surface area contributed by atoms with Crippen molar-refractivity contribution in [3.05, 3.63) is 54.1 Å². The van der Waals surface area contributed by atoms with E-state index in [1.807, 2.05) is 44.3 Å². The largest absolute Gasteiger partial charge is 0.497 e. The van der Waals surface area contributed by atoms with Crippen LogP contribution in [0.4, 0.5) is 4.39 Å². The van der Waals surface area contributed by atoms with Crippen LogP contribution in [0.1, 0.15) is 12.7 Å². The topological polar surface area (TPSA) is 60.2 Å². The molecule has 0 aliphatic heterocycles. The van der Waals surface area contributed by atoms with E-state index in [0.717, 1.165) is 16.9 Å². The van der Waals surface area contributed by atoms with Gasteiger partial charge in [0.2, 0.25) is 0 Å². The standard InChI is InChI=1S/C19H20FN3O2.ClH/c1-12(21-2)10-18-22-19(25-23-18)16-9-6-14(11-17(16)20)13-4-7-15(24-3)8-5-13;/h4-9,11-12,21H,10H2,1-3H3;1H. The second kappa shape index (κ2) is 8.78. The lowest BCUT2D eigenvalue weighted by Gasteiger charge is -2.06. The summed E-state index contributed by atoms with van der Waals surface area (Å²) in [5.74, 6) is 1.10. The molecule has 0 radical (unpaired) electrons. The molecule has 1 aromatic heterocycles. The molecular formula is C19H21ClFN3O2. The zero-order chi connectivity index (χ0) is 17.8. The second-order valence-electron chi connectivity index (χ2n) is 5.83. The number of rotatable bonds is 6. The predicted octanol–water partition coefficient (Wildman–Crippen LogP) is 4.12. The van der Waals surface area contributed by atoms with Crippen LogP contribution in [0.25, 0.3) is 22.6 Å². The van der Waals surface area contributed by atoms with E-state index >= 15 is 0 Å². The van der Waals surface area contributed by atoms with Crippen molar-refractivity contribution < 1.29 is 13.7 Å². The molecule has 0 aliphatic carbocycles. The van der Waals surface area contributed by atoms with Crippen LogP contribution in [-0.2, 0) is 6.42 Å². The number of benzene rings is 2. The van der Waals surface area contributed by atoms with Gasteiger partial charge in [0.25, 0.3) is 5.89 Å². The maximum absolute atomic E-state index is 14.5. The van der Waals surface area contributed by atoms with E-state index in [1.165, 1.54) is 6.07 Å². The molecule has 26 heavy (non-hydrogen) atoms. The lowest BCUT2D eigenvalue weighted by molar-refractivity contribution is 0.415. The quantitative estimate of drug-likeness (QED) is 0.700. The Labute approximate surface area is 158 Å². The summed E-state index contributed by atoms with van der Waals surface area (Å²) in [7, 11) is 3.47. The number of methoxy groups -OCH3 is 1. The van der Waals surface area contributed by atoms with E-state index in [4.69, 9.17) is 9.26 Å². The van der Waals surface area contributed by atoms with Crippen LogP contribution in [-0.4, -0.2) is 30.3 Å². The summed E-state index contributed by atoms with van der Waals surface area (Å²) < 4.78 is 24.9. The molecule has 2 aromatic carbocycles. The summed E-state index contributed by atoms with van der Waals surface area (Å²) >= 11 is 0. The average Bonchev–Trinajstić information content (AvgIpc) is 3.09. The molecule has 0 saturated heterocycles. The van der Waals surface area contributed by atoms with Gasteiger partial charge in [-0.25, -0.2) is 4.39 Å². The van der Waals surface area contributed by atoms with Gasteiger partial charge in [-0.15, -0.1) is 12.4 Å². The fourth-order valence-corrected chi connectivity index (χ4v) is 2.47. The number of aromatic nitrogens is 2. The molecule has 0 amide bonds. The normalized spacial score (nSPS) is 11.7. The van der Waals surface area contributed by atoms with Crippen LogP contribution in [0.15, 0.2) is 47.0 Å². The summed E-state index contributed by atoms with van der Waals surface area (Å²) in [4.78, 5) is 4.28. The fraction of sp³-hybridized carbons (Fsp3) is 0.263. The number of nitrogens with zero attached hydrogens (tertiary/aromatic N) is 2. The molecule has 0 bridgehead atoms. The van der Waals surface area contributed by atoms with Crippen LogP contribution in [0.2, 0.25) is 0 Å². The summed E-state index contributed by atoms with van der Waals surface area (Å²) in [6.45, 7) is 2.01. The van der Waals surface area contributed by atoms with Crippen molar-refractivity contribution in [1.82, 2.24) is 15.5 Å². The van der Waals surface area contributed by atoms with E-state index in [1.54, 1.807) is 13.2 Å². The highest BCUT2D eigenvalue weighted by Gasteiger charge is 2.15. The van der Waals surface area contributed by atoms with Crippen molar-refractivity contribution in [2.24, 2.45) is 0 Å². The van der Waals surface area contributed by atoms with Crippen LogP contribution >= 0.6 is 12.4 Å². The molecular weight excluding hydrogens is 357 g/mol. The highest BCUT2D eigenvalue weighted by atomic mass is 35.5. The average molecular weight is 378 g/mol. The minimum Gasteiger partial charge on any atom is -0.497 e. The molecule has 3 rings (SSSR count). The predicted molar refractivity (Wildman–Crippen MR) is 101 cm³/mol. The number of hydrogen-bond donors (Lipinski definition) is 1. The second-order valence-corrected chi connectivity index (χ2v) is 5.83. The Kier molecular flexibility index (Phi) is 6.71. The zero-order valence-corrected chi connectivity index (χ0v) is 15.6. The first-order valence-corrected chi connectivity index (χ1v) is 8.05. The van der Waals surface area contributed by atoms with Gasteiger partial charge >= 0.3 is 0 Å². The molecule has 1 atom stereocenters. The van der Waals surface area contributed by atoms with Crippen LogP contribution < -0.4 is 10.1 Å². The molecule has 5 nitrogen and oxygen atoms in total. The van der Waals surface area contributed by atoms with E-state index < -0.39 is 5.82 Å². The van der Waals surface area contributed by atoms with Crippen molar-refractivity contribution in [2.45, 2.75) is 19.4 Å². The highest BCUT2D eigenvalue weighted by molar-refractivity contribution is 5.85. The van der Waals surface area contributed by atoms with E-state index in [9.17, 15) is 4.39 Å². The van der Waals surface area contributed by atoms with Gasteiger partial charge in [-0.1, -0.05) is 23.4 Å². The lowest BCUT2D eigenvalue weighted by Crippen LogP contribution is -2.24. The molecule has 0 saturated carbocycles. The highest BCUT2D eigenvalue weighted by Crippen LogP contribution is 2.28. The van der Waals surface area contributed by atoms with E-state index in [2.05, 4.69) is 15.5 Å². The third-order valence-corrected chi connectivity index (χ3v) is 4.07. The van der Waals surface area contributed by atoms with Gasteiger partial charge in [-0.3, -0.25) is 0 Å². The van der Waals surface area contributed by atoms with Crippen LogP contribution in [0.3, 0.4) is 0 Å². The Morgan fingerprint density at radius 3 is 2.46 bits per heavy atom. The number of likely N-dealkylation sites (N-methyl/N-ethyl adjacent to an activating group) is 1. The van der Waals surface area contributed by atoms with Gasteiger partial charge in [0.15, 0.2) is 5.82 Å². The van der Waals surface area contributed by atoms with Crippen molar-refractivity contribution in [3.63, 3.8) is 0 Å². The Bertz CT molecular complexity index is 852. The molecule has 0 fully saturated rings. The van der Waals surface area contributed by atoms with E-state index in [0.29, 0.717) is 17.8 Å². The van der Waals surface area contributed by atoms with Crippen molar-refractivity contribution >= 4 is 12.4 Å². The Morgan fingerprint density at radius 2 is 1.85 bits per heavy atom. The summed E-state index contributed by atoms with van der Waals surface area (Å²) in [5.41, 5.74) is 1.97. The van der Waals surface area contributed by atoms with Crippen molar-refractivity contribution in [3.8, 4) is 28.3 Å². The molecule has 0 aliphatic rings. The summed E-state index contributed by atoms with van der Waals surface area (Å²) in [6.07, 6.45) is 0.617. The SMILES string of the molecule is CNC(C)Cc1noc(-c2ccc(-c3ccc(OC)cc3)cc2F)n1.Cl. The smallest absolute Gasteiger partial charge is 0.260 e. The Balaban J connectivity index is 0.00000243. The number of halogens is 2. The number of hydrogen-bond acceptors (Lipinski definition) is 5. The molecule has 1 N–H and O–H groups in total. The van der Waals surface area contributed by atoms with Crippen LogP contribution in [0, 0.1) is 5.82 Å². The number of ether oxygens (including phenoxy) is 1. The molecule has 7 heteroatoms. The number of nitrogens with one attached hydrogen (secondary N) is 1. The summed E-state index contributed by atoms with van der Waals surface area (Å²) in [5, 5.41) is 7.02. The lowest BCUT2D eigenvalue weighted by atomic mass is 10.0. The first-order valence-electron chi connectivity index (χ1n) is 8.05. The molecule has 0 spiro atoms. The first-order chi connectivity index (χ1) is 12.1. The van der Waals surface area contributed by atoms with Gasteiger partial charge in [-0.05, 0) is 49.4 Å². The fourth-order valence-electron chi connectivity index (χ4n) is 2.47. The van der Waals surface area contributed by atoms with Gasteiger partial charge in [0, 0.05) is 12.5 Å². The summed E-state index contributed by atoms with van der Waals surface area (Å²) in [6, 6.07) is 12.6. The maximum atomic E-state index is 14.5. The monoisotopic (exact) mass is 377 g/mol. The van der Waals surface area contributed by atoms with Gasteiger partial charge in [-0.2, -0.15) is 4.98 Å². The maximum Gasteiger partial charge on any atom is 0.260 e. The van der Waals surface area contributed by atoms with Crippen LogP contribution in [0.5, 0.6) is 5.75 Å². The van der Waals surface area contributed by atoms with Crippen molar-refractivity contribution in [2.75, 3.05) is 14.2 Å². The Hall–Kier alpha value is -2.44. The van der Waals surface area contributed by atoms with E-state index in [-0.39, 0.29) is 24.3 Å². The van der Waals surface area contributed by atoms with Gasteiger partial charge in [0.1, 0.15) is 11.6 Å². The molecule has 138 valence electrons. The third-order valence-electron chi connectivity index (χ3n) is 4.07. The Morgan fingerprint density at radius 1 is 1.15 bits per heavy atom. The van der Waals surface area contributed by atoms with Gasteiger partial charge < -0.3 is 14.6 Å². The molecule has 3 aromatic rings. The van der Waals surface area contributed by atoms with Crippen molar-refractivity contribution in [1.29, 1.82) is 0 Å². The minimum absolute atomic E-state index is 0. The minimum atomic E-state index is -0.398. The first kappa shape index (κ1) is 19.9. The zero-order valence-electron chi connectivity index (χ0n) is 14.8. The third kappa shape index (κ3) is 4.39. The molecule has 1 heterocycles.